The van der Waals surface area contributed by atoms with Gasteiger partial charge in [0.05, 0.1) is 11.5 Å². The molecule has 0 aromatic heterocycles. The maximum Gasteiger partial charge on any atom is 0.224 e. The zero-order valence-electron chi connectivity index (χ0n) is 9.84. The lowest BCUT2D eigenvalue weighted by Crippen LogP contribution is -2.44. The number of aliphatic hydroxyl groups is 1. The predicted octanol–water partition coefficient (Wildman–Crippen LogP) is 0.262. The van der Waals surface area contributed by atoms with Crippen molar-refractivity contribution in [1.29, 1.82) is 0 Å². The fraction of sp³-hybridized carbons (Fsp3) is 0.909. The van der Waals surface area contributed by atoms with Crippen molar-refractivity contribution in [3.63, 3.8) is 0 Å². The largest absolute Gasteiger partial charge is 0.388 e. The minimum absolute atomic E-state index is 0.0534. The first-order valence-corrected chi connectivity index (χ1v) is 5.70. The van der Waals surface area contributed by atoms with Gasteiger partial charge in [-0.3, -0.25) is 4.79 Å². The molecule has 0 spiro atoms. The Morgan fingerprint density at radius 3 is 2.80 bits per heavy atom. The van der Waals surface area contributed by atoms with E-state index in [0.717, 1.165) is 13.0 Å². The molecule has 3 N–H and O–H groups in total. The van der Waals surface area contributed by atoms with Gasteiger partial charge in [0.2, 0.25) is 5.91 Å². The Balaban J connectivity index is 2.36. The molecule has 1 aliphatic rings. The van der Waals surface area contributed by atoms with E-state index in [9.17, 15) is 9.90 Å². The number of hydrogen-bond donors (Lipinski definition) is 3. The lowest BCUT2D eigenvalue weighted by Gasteiger charge is -2.23. The van der Waals surface area contributed by atoms with Gasteiger partial charge in [0.25, 0.3) is 0 Å². The summed E-state index contributed by atoms with van der Waals surface area (Å²) < 4.78 is 0. The molecule has 1 heterocycles. The fourth-order valence-electron chi connectivity index (χ4n) is 1.75. The molecule has 3 atom stereocenters. The summed E-state index contributed by atoms with van der Waals surface area (Å²) in [5.74, 6) is 0.110. The lowest BCUT2D eigenvalue weighted by atomic mass is 9.99. The van der Waals surface area contributed by atoms with Crippen LogP contribution in [0.4, 0.5) is 0 Å². The molecule has 1 rings (SSSR count). The van der Waals surface area contributed by atoms with Gasteiger partial charge in [-0.25, -0.2) is 0 Å². The zero-order chi connectivity index (χ0) is 11.5. The van der Waals surface area contributed by atoms with Crippen molar-refractivity contribution in [2.24, 2.45) is 5.92 Å². The van der Waals surface area contributed by atoms with Crippen molar-refractivity contribution in [2.75, 3.05) is 13.1 Å². The van der Waals surface area contributed by atoms with Crippen LogP contribution in [0.5, 0.6) is 0 Å². The molecule has 1 saturated heterocycles. The zero-order valence-corrected chi connectivity index (χ0v) is 9.84. The molecule has 88 valence electrons. The number of rotatable bonds is 4. The first-order chi connectivity index (χ1) is 6.96. The van der Waals surface area contributed by atoms with Crippen molar-refractivity contribution < 1.29 is 9.90 Å². The number of carbonyl (C=O) groups excluding carboxylic acids is 1. The summed E-state index contributed by atoms with van der Waals surface area (Å²) in [6.07, 6.45) is 1.53. The Kier molecular flexibility index (Phi) is 4.11. The Labute approximate surface area is 91.4 Å². The summed E-state index contributed by atoms with van der Waals surface area (Å²) in [6, 6.07) is 0.247. The molecule has 0 saturated carbocycles. The van der Waals surface area contributed by atoms with Gasteiger partial charge >= 0.3 is 0 Å². The topological polar surface area (TPSA) is 61.4 Å². The minimum atomic E-state index is -0.787. The summed E-state index contributed by atoms with van der Waals surface area (Å²) in [6.45, 7) is 6.92. The Hall–Kier alpha value is -0.610. The van der Waals surface area contributed by atoms with Crippen LogP contribution < -0.4 is 10.6 Å². The van der Waals surface area contributed by atoms with E-state index in [-0.39, 0.29) is 17.9 Å². The van der Waals surface area contributed by atoms with Gasteiger partial charge in [-0.15, -0.1) is 0 Å². The van der Waals surface area contributed by atoms with Gasteiger partial charge in [0.15, 0.2) is 0 Å². The van der Waals surface area contributed by atoms with Crippen LogP contribution in [0, 0.1) is 5.92 Å². The van der Waals surface area contributed by atoms with Crippen molar-refractivity contribution in [3.8, 4) is 0 Å². The second-order valence-corrected chi connectivity index (χ2v) is 4.71. The van der Waals surface area contributed by atoms with Crippen molar-refractivity contribution in [2.45, 2.75) is 45.3 Å². The van der Waals surface area contributed by atoms with Crippen LogP contribution in [0.3, 0.4) is 0 Å². The van der Waals surface area contributed by atoms with Gasteiger partial charge < -0.3 is 15.7 Å². The van der Waals surface area contributed by atoms with E-state index in [1.165, 1.54) is 0 Å². The molecule has 1 aliphatic heterocycles. The van der Waals surface area contributed by atoms with E-state index >= 15 is 0 Å². The summed E-state index contributed by atoms with van der Waals surface area (Å²) in [4.78, 5) is 11.8. The molecule has 0 radical (unpaired) electrons. The minimum Gasteiger partial charge on any atom is -0.388 e. The van der Waals surface area contributed by atoms with E-state index in [4.69, 9.17) is 0 Å². The van der Waals surface area contributed by atoms with Crippen LogP contribution in [-0.2, 0) is 4.79 Å². The van der Waals surface area contributed by atoms with Gasteiger partial charge in [0, 0.05) is 12.6 Å². The first-order valence-electron chi connectivity index (χ1n) is 5.70. The van der Waals surface area contributed by atoms with E-state index < -0.39 is 5.60 Å². The molecule has 15 heavy (non-hydrogen) atoms. The molecule has 4 nitrogen and oxygen atoms in total. The molecule has 4 heteroatoms. The highest BCUT2D eigenvalue weighted by Gasteiger charge is 2.30. The van der Waals surface area contributed by atoms with Crippen LogP contribution in [-0.4, -0.2) is 35.7 Å². The molecule has 0 aromatic carbocycles. The van der Waals surface area contributed by atoms with Crippen molar-refractivity contribution >= 4 is 5.91 Å². The summed E-state index contributed by atoms with van der Waals surface area (Å²) >= 11 is 0. The fourth-order valence-corrected chi connectivity index (χ4v) is 1.75. The van der Waals surface area contributed by atoms with E-state index in [2.05, 4.69) is 10.6 Å². The first kappa shape index (κ1) is 12.5. The highest BCUT2D eigenvalue weighted by Crippen LogP contribution is 2.15. The van der Waals surface area contributed by atoms with Crippen LogP contribution in [0.1, 0.15) is 33.6 Å². The van der Waals surface area contributed by atoms with Gasteiger partial charge in [-0.05, 0) is 33.2 Å². The predicted molar refractivity (Wildman–Crippen MR) is 59.5 cm³/mol. The molecule has 0 aromatic rings. The molecule has 1 fully saturated rings. The second kappa shape index (κ2) is 4.94. The Morgan fingerprint density at radius 2 is 2.33 bits per heavy atom. The van der Waals surface area contributed by atoms with Gasteiger partial charge in [-0.1, -0.05) is 6.92 Å². The third kappa shape index (κ3) is 3.47. The number of amides is 1. The van der Waals surface area contributed by atoms with Crippen LogP contribution in [0.15, 0.2) is 0 Å². The van der Waals surface area contributed by atoms with E-state index in [1.54, 1.807) is 6.92 Å². The SMILES string of the molecule is CCC(C)(O)CNC(=O)C1CCNC1C. The number of nitrogens with one attached hydrogen (secondary N) is 2. The third-order valence-electron chi connectivity index (χ3n) is 3.27. The molecular formula is C11H22N2O2. The molecule has 0 bridgehead atoms. The smallest absolute Gasteiger partial charge is 0.224 e. The molecule has 0 aliphatic carbocycles. The normalized spacial score (nSPS) is 29.9. The Morgan fingerprint density at radius 1 is 1.67 bits per heavy atom. The van der Waals surface area contributed by atoms with E-state index in [0.29, 0.717) is 13.0 Å². The molecular weight excluding hydrogens is 192 g/mol. The van der Waals surface area contributed by atoms with Crippen molar-refractivity contribution in [3.05, 3.63) is 0 Å². The lowest BCUT2D eigenvalue weighted by molar-refractivity contribution is -0.126. The monoisotopic (exact) mass is 214 g/mol. The van der Waals surface area contributed by atoms with Gasteiger partial charge in [0.1, 0.15) is 0 Å². The van der Waals surface area contributed by atoms with Crippen LogP contribution in [0.25, 0.3) is 0 Å². The molecule has 3 unspecified atom stereocenters. The van der Waals surface area contributed by atoms with Crippen LogP contribution in [0.2, 0.25) is 0 Å². The second-order valence-electron chi connectivity index (χ2n) is 4.71. The number of carbonyl (C=O) groups is 1. The van der Waals surface area contributed by atoms with Crippen LogP contribution >= 0.6 is 0 Å². The molecule has 1 amide bonds. The summed E-state index contributed by atoms with van der Waals surface area (Å²) in [5, 5.41) is 15.8. The standard InChI is InChI=1S/C11H22N2O2/c1-4-11(3,15)7-13-10(14)9-5-6-12-8(9)2/h8-9,12,15H,4-7H2,1-3H3,(H,13,14). The average molecular weight is 214 g/mol. The Bertz CT molecular complexity index is 229. The third-order valence-corrected chi connectivity index (χ3v) is 3.27. The van der Waals surface area contributed by atoms with Crippen molar-refractivity contribution in [1.82, 2.24) is 10.6 Å². The van der Waals surface area contributed by atoms with Gasteiger partial charge in [-0.2, -0.15) is 0 Å². The quantitative estimate of drug-likeness (QED) is 0.629. The maximum atomic E-state index is 11.8. The average Bonchev–Trinajstić information content (AvgIpc) is 2.61. The van der Waals surface area contributed by atoms with E-state index in [1.807, 2.05) is 13.8 Å². The summed E-state index contributed by atoms with van der Waals surface area (Å²) in [7, 11) is 0. The number of hydrogen-bond acceptors (Lipinski definition) is 3. The highest BCUT2D eigenvalue weighted by atomic mass is 16.3. The highest BCUT2D eigenvalue weighted by molar-refractivity contribution is 5.79. The maximum absolute atomic E-state index is 11.8. The summed E-state index contributed by atoms with van der Waals surface area (Å²) in [5.41, 5.74) is -0.787.